The monoisotopic (exact) mass is 357 g/mol. The molecule has 140 valence electrons. The molecule has 1 aliphatic carbocycles. The van der Waals surface area contributed by atoms with Gasteiger partial charge < -0.3 is 19.2 Å². The van der Waals surface area contributed by atoms with E-state index in [2.05, 4.69) is 11.4 Å². The molecule has 1 aromatic carbocycles. The number of benzene rings is 1. The first-order valence-electron chi connectivity index (χ1n) is 9.21. The number of amides is 1. The molecule has 0 bridgehead atoms. The summed E-state index contributed by atoms with van der Waals surface area (Å²) in [6.45, 7) is 3.17. The number of carbonyl (C=O) groups excluding carboxylic acids is 1. The van der Waals surface area contributed by atoms with Crippen LogP contribution in [-0.2, 0) is 22.4 Å². The van der Waals surface area contributed by atoms with Crippen LogP contribution in [0, 0.1) is 0 Å². The van der Waals surface area contributed by atoms with Crippen molar-refractivity contribution in [3.63, 3.8) is 0 Å². The molecule has 3 rings (SSSR count). The zero-order chi connectivity index (χ0) is 18.5. The zero-order valence-electron chi connectivity index (χ0n) is 15.8. The highest BCUT2D eigenvalue weighted by Crippen LogP contribution is 2.37. The van der Waals surface area contributed by atoms with E-state index in [4.69, 9.17) is 13.9 Å². The van der Waals surface area contributed by atoms with Crippen molar-refractivity contribution in [2.45, 2.75) is 39.0 Å². The summed E-state index contributed by atoms with van der Waals surface area (Å²) in [4.78, 5) is 12.1. The second kappa shape index (κ2) is 8.41. The lowest BCUT2D eigenvalue weighted by Crippen LogP contribution is -2.23. The van der Waals surface area contributed by atoms with Gasteiger partial charge in [0.1, 0.15) is 17.1 Å². The van der Waals surface area contributed by atoms with Gasteiger partial charge in [0, 0.05) is 55.3 Å². The zero-order valence-corrected chi connectivity index (χ0v) is 15.8. The number of hydrogen-bond acceptors (Lipinski definition) is 4. The van der Waals surface area contributed by atoms with E-state index in [9.17, 15) is 4.79 Å². The largest absolute Gasteiger partial charge is 0.496 e. The van der Waals surface area contributed by atoms with Crippen molar-refractivity contribution in [2.24, 2.45) is 0 Å². The highest BCUT2D eigenvalue weighted by atomic mass is 16.5. The summed E-state index contributed by atoms with van der Waals surface area (Å²) in [5, 5.41) is 4.03. The standard InChI is InChI=1S/C21H27NO4/c1-14(11-21(23)22-9-6-10-24-2)16-12-17-15-7-4-5-8-18(15)26-20(17)13-19(16)25-3/h11-13H,4-10H2,1-3H3,(H,22,23)/b14-11+. The average Bonchev–Trinajstić information content (AvgIpc) is 3.01. The lowest BCUT2D eigenvalue weighted by molar-refractivity contribution is -0.116. The molecule has 5 nitrogen and oxygen atoms in total. The Hall–Kier alpha value is -2.27. The molecule has 0 fully saturated rings. The summed E-state index contributed by atoms with van der Waals surface area (Å²) in [6, 6.07) is 4.04. The van der Waals surface area contributed by atoms with Crippen LogP contribution in [0.25, 0.3) is 16.5 Å². The van der Waals surface area contributed by atoms with E-state index in [1.165, 1.54) is 18.4 Å². The van der Waals surface area contributed by atoms with Gasteiger partial charge in [0.05, 0.1) is 7.11 Å². The van der Waals surface area contributed by atoms with Crippen molar-refractivity contribution in [2.75, 3.05) is 27.4 Å². The van der Waals surface area contributed by atoms with Crippen molar-refractivity contribution >= 4 is 22.4 Å². The molecule has 0 saturated heterocycles. The summed E-state index contributed by atoms with van der Waals surface area (Å²) < 4.78 is 16.6. The number of methoxy groups -OCH3 is 2. The Bertz CT molecular complexity index is 819. The fraction of sp³-hybridized carbons (Fsp3) is 0.476. The van der Waals surface area contributed by atoms with E-state index >= 15 is 0 Å². The number of carbonyl (C=O) groups is 1. The third kappa shape index (κ3) is 3.93. The molecule has 1 amide bonds. The van der Waals surface area contributed by atoms with Crippen molar-refractivity contribution in [1.82, 2.24) is 5.32 Å². The molecule has 1 N–H and O–H groups in total. The lowest BCUT2D eigenvalue weighted by atomic mass is 9.94. The highest BCUT2D eigenvalue weighted by Gasteiger charge is 2.20. The van der Waals surface area contributed by atoms with E-state index in [1.54, 1.807) is 20.3 Å². The fourth-order valence-corrected chi connectivity index (χ4v) is 3.52. The summed E-state index contributed by atoms with van der Waals surface area (Å²) in [7, 11) is 3.30. The van der Waals surface area contributed by atoms with Gasteiger partial charge in [-0.15, -0.1) is 0 Å². The fourth-order valence-electron chi connectivity index (χ4n) is 3.52. The second-order valence-electron chi connectivity index (χ2n) is 6.72. The van der Waals surface area contributed by atoms with Gasteiger partial charge in [-0.05, 0) is 44.2 Å². The molecule has 0 unspecified atom stereocenters. The molecular formula is C21H27NO4. The minimum absolute atomic E-state index is 0.102. The average molecular weight is 357 g/mol. The Morgan fingerprint density at radius 3 is 2.85 bits per heavy atom. The summed E-state index contributed by atoms with van der Waals surface area (Å²) >= 11 is 0. The van der Waals surface area contributed by atoms with Crippen LogP contribution >= 0.6 is 0 Å². The Kier molecular flexibility index (Phi) is 5.99. The molecule has 26 heavy (non-hydrogen) atoms. The number of allylic oxidation sites excluding steroid dienone is 1. The molecule has 5 heteroatoms. The Balaban J connectivity index is 1.87. The van der Waals surface area contributed by atoms with Gasteiger partial charge in [-0.2, -0.15) is 0 Å². The molecular weight excluding hydrogens is 330 g/mol. The van der Waals surface area contributed by atoms with E-state index in [1.807, 2.05) is 13.0 Å². The number of fused-ring (bicyclic) bond motifs is 3. The first-order valence-corrected chi connectivity index (χ1v) is 9.21. The van der Waals surface area contributed by atoms with E-state index < -0.39 is 0 Å². The Morgan fingerprint density at radius 2 is 2.08 bits per heavy atom. The molecule has 0 atom stereocenters. The van der Waals surface area contributed by atoms with Crippen LogP contribution in [0.15, 0.2) is 22.6 Å². The van der Waals surface area contributed by atoms with Gasteiger partial charge in [0.2, 0.25) is 5.91 Å². The smallest absolute Gasteiger partial charge is 0.244 e. The molecule has 2 aromatic rings. The van der Waals surface area contributed by atoms with Gasteiger partial charge in [-0.3, -0.25) is 4.79 Å². The van der Waals surface area contributed by atoms with Crippen LogP contribution in [-0.4, -0.2) is 33.3 Å². The van der Waals surface area contributed by atoms with Crippen LogP contribution in [0.2, 0.25) is 0 Å². The Labute approximate surface area is 154 Å². The quantitative estimate of drug-likeness (QED) is 0.603. The van der Waals surface area contributed by atoms with Gasteiger partial charge in [-0.25, -0.2) is 0 Å². The van der Waals surface area contributed by atoms with Crippen LogP contribution < -0.4 is 10.1 Å². The first kappa shape index (κ1) is 18.5. The van der Waals surface area contributed by atoms with E-state index in [0.717, 1.165) is 52.9 Å². The SMILES string of the molecule is COCCCNC(=O)/C=C(\C)c1cc2c3c(oc2cc1OC)CCCC3. The van der Waals surface area contributed by atoms with E-state index in [0.29, 0.717) is 13.2 Å². The summed E-state index contributed by atoms with van der Waals surface area (Å²) in [6.07, 6.45) is 6.85. The highest BCUT2D eigenvalue weighted by molar-refractivity contribution is 5.97. The van der Waals surface area contributed by atoms with Crippen molar-refractivity contribution in [3.05, 3.63) is 35.1 Å². The van der Waals surface area contributed by atoms with Crippen molar-refractivity contribution in [3.8, 4) is 5.75 Å². The molecule has 1 aliphatic rings. The van der Waals surface area contributed by atoms with Gasteiger partial charge >= 0.3 is 0 Å². The molecule has 1 aromatic heterocycles. The predicted octanol–water partition coefficient (Wildman–Crippen LogP) is 3.88. The van der Waals surface area contributed by atoms with Gasteiger partial charge in [0.25, 0.3) is 0 Å². The van der Waals surface area contributed by atoms with Crippen LogP contribution in [0.5, 0.6) is 5.75 Å². The van der Waals surface area contributed by atoms with E-state index in [-0.39, 0.29) is 5.91 Å². The van der Waals surface area contributed by atoms with Gasteiger partial charge in [-0.1, -0.05) is 0 Å². The lowest BCUT2D eigenvalue weighted by Gasteiger charge is -2.11. The summed E-state index contributed by atoms with van der Waals surface area (Å²) in [5.74, 6) is 1.72. The number of rotatable bonds is 7. The minimum Gasteiger partial charge on any atom is -0.496 e. The normalized spacial score (nSPS) is 14.3. The minimum atomic E-state index is -0.102. The maximum absolute atomic E-state index is 12.1. The third-order valence-electron chi connectivity index (χ3n) is 4.87. The van der Waals surface area contributed by atoms with Crippen LogP contribution in [0.4, 0.5) is 0 Å². The predicted molar refractivity (Wildman–Crippen MR) is 103 cm³/mol. The molecule has 0 spiro atoms. The maximum Gasteiger partial charge on any atom is 0.244 e. The molecule has 1 heterocycles. The van der Waals surface area contributed by atoms with Crippen molar-refractivity contribution < 1.29 is 18.7 Å². The van der Waals surface area contributed by atoms with Crippen LogP contribution in [0.1, 0.15) is 43.1 Å². The third-order valence-corrected chi connectivity index (χ3v) is 4.87. The number of aryl methyl sites for hydroxylation is 2. The molecule has 0 aliphatic heterocycles. The number of hydrogen-bond donors (Lipinski definition) is 1. The topological polar surface area (TPSA) is 60.7 Å². The number of ether oxygens (including phenoxy) is 2. The van der Waals surface area contributed by atoms with Gasteiger partial charge in [0.15, 0.2) is 0 Å². The number of furan rings is 1. The Morgan fingerprint density at radius 1 is 1.27 bits per heavy atom. The van der Waals surface area contributed by atoms with Crippen LogP contribution in [0.3, 0.4) is 0 Å². The summed E-state index contributed by atoms with van der Waals surface area (Å²) in [5.41, 5.74) is 3.99. The second-order valence-corrected chi connectivity index (χ2v) is 6.72. The first-order chi connectivity index (χ1) is 12.6. The maximum atomic E-state index is 12.1. The molecule has 0 saturated carbocycles. The van der Waals surface area contributed by atoms with Crippen molar-refractivity contribution in [1.29, 1.82) is 0 Å². The molecule has 0 radical (unpaired) electrons. The number of nitrogens with one attached hydrogen (secondary N) is 1.